The second-order valence-electron chi connectivity index (χ2n) is 5.49. The summed E-state index contributed by atoms with van der Waals surface area (Å²) in [5, 5.41) is 3.68. The molecule has 1 saturated carbocycles. The van der Waals surface area contributed by atoms with Crippen molar-refractivity contribution in [3.8, 4) is 0 Å². The van der Waals surface area contributed by atoms with E-state index in [9.17, 15) is 0 Å². The fourth-order valence-corrected chi connectivity index (χ4v) is 3.01. The van der Waals surface area contributed by atoms with Crippen LogP contribution < -0.4 is 5.32 Å². The lowest BCUT2D eigenvalue weighted by molar-refractivity contribution is 0.212. The molecule has 2 nitrogen and oxygen atoms in total. The van der Waals surface area contributed by atoms with E-state index in [2.05, 4.69) is 42.0 Å². The second-order valence-corrected chi connectivity index (χ2v) is 6.28. The van der Waals surface area contributed by atoms with Gasteiger partial charge in [-0.2, -0.15) is 0 Å². The third-order valence-electron chi connectivity index (χ3n) is 4.10. The van der Waals surface area contributed by atoms with Crippen molar-refractivity contribution in [1.29, 1.82) is 0 Å². The molecule has 1 N–H and O–H groups in total. The fourth-order valence-electron chi connectivity index (χ4n) is 2.70. The Hall–Kier alpha value is -0.280. The Labute approximate surface area is 112 Å². The van der Waals surface area contributed by atoms with E-state index in [1.807, 2.05) is 12.1 Å². The van der Waals surface area contributed by atoms with E-state index in [0.29, 0.717) is 12.1 Å². The Balaban J connectivity index is 1.89. The fraction of sp³-hybridized carbons (Fsp3) is 0.714. The van der Waals surface area contributed by atoms with E-state index in [4.69, 9.17) is 4.42 Å². The monoisotopic (exact) mass is 299 g/mol. The molecule has 0 aliphatic heterocycles. The normalized spacial score (nSPS) is 31.4. The van der Waals surface area contributed by atoms with Gasteiger partial charge in [0.15, 0.2) is 4.67 Å². The first-order chi connectivity index (χ1) is 8.06. The van der Waals surface area contributed by atoms with Crippen LogP contribution in [0.15, 0.2) is 21.2 Å². The van der Waals surface area contributed by atoms with Gasteiger partial charge in [-0.15, -0.1) is 0 Å². The van der Waals surface area contributed by atoms with E-state index >= 15 is 0 Å². The highest BCUT2D eigenvalue weighted by Gasteiger charge is 2.25. The molecule has 0 radical (unpaired) electrons. The zero-order chi connectivity index (χ0) is 12.4. The standard InChI is InChI=1S/C14H22BrNO/c1-9-4-5-12(8-10(9)2)16-11(3)13-6-7-14(15)17-13/h6-7,9-12,16H,4-5,8H2,1-3H3. The molecular formula is C14H22BrNO. The molecule has 96 valence electrons. The van der Waals surface area contributed by atoms with Crippen LogP contribution in [0.4, 0.5) is 0 Å². The first-order valence-corrected chi connectivity index (χ1v) is 7.37. The van der Waals surface area contributed by atoms with Crippen molar-refractivity contribution in [2.24, 2.45) is 11.8 Å². The Morgan fingerprint density at radius 3 is 2.65 bits per heavy atom. The predicted molar refractivity (Wildman–Crippen MR) is 73.9 cm³/mol. The molecule has 1 aromatic rings. The van der Waals surface area contributed by atoms with Crippen molar-refractivity contribution < 1.29 is 4.42 Å². The average Bonchev–Trinajstić information content (AvgIpc) is 2.70. The maximum atomic E-state index is 5.59. The number of hydrogen-bond donors (Lipinski definition) is 1. The van der Waals surface area contributed by atoms with E-state index in [0.717, 1.165) is 22.3 Å². The summed E-state index contributed by atoms with van der Waals surface area (Å²) < 4.78 is 6.40. The molecule has 3 heteroatoms. The van der Waals surface area contributed by atoms with Crippen molar-refractivity contribution in [2.45, 2.75) is 52.1 Å². The minimum atomic E-state index is 0.298. The third-order valence-corrected chi connectivity index (χ3v) is 4.53. The van der Waals surface area contributed by atoms with E-state index in [-0.39, 0.29) is 0 Å². The molecule has 0 amide bonds. The third kappa shape index (κ3) is 3.35. The van der Waals surface area contributed by atoms with Crippen LogP contribution in [0, 0.1) is 11.8 Å². The molecule has 1 fully saturated rings. The summed E-state index contributed by atoms with van der Waals surface area (Å²) >= 11 is 3.35. The zero-order valence-electron chi connectivity index (χ0n) is 10.9. The van der Waals surface area contributed by atoms with E-state index < -0.39 is 0 Å². The summed E-state index contributed by atoms with van der Waals surface area (Å²) in [6, 6.07) is 4.93. The topological polar surface area (TPSA) is 25.2 Å². The maximum Gasteiger partial charge on any atom is 0.169 e. The van der Waals surface area contributed by atoms with Gasteiger partial charge in [-0.05, 0) is 66.1 Å². The van der Waals surface area contributed by atoms with Crippen LogP contribution in [-0.2, 0) is 0 Å². The molecule has 17 heavy (non-hydrogen) atoms. The summed E-state index contributed by atoms with van der Waals surface area (Å²) in [5.41, 5.74) is 0. The lowest BCUT2D eigenvalue weighted by Gasteiger charge is -2.34. The molecular weight excluding hydrogens is 278 g/mol. The van der Waals surface area contributed by atoms with Gasteiger partial charge in [0.2, 0.25) is 0 Å². The summed E-state index contributed by atoms with van der Waals surface area (Å²) in [6.07, 6.45) is 3.92. The molecule has 0 aromatic carbocycles. The average molecular weight is 300 g/mol. The lowest BCUT2D eigenvalue weighted by atomic mass is 9.79. The van der Waals surface area contributed by atoms with Crippen molar-refractivity contribution in [3.63, 3.8) is 0 Å². The van der Waals surface area contributed by atoms with Crippen LogP contribution in [0.3, 0.4) is 0 Å². The predicted octanol–water partition coefficient (Wildman–Crippen LogP) is 4.52. The van der Waals surface area contributed by atoms with Crippen LogP contribution in [0.1, 0.15) is 51.8 Å². The Bertz CT molecular complexity index is 363. The molecule has 1 aromatic heterocycles. The van der Waals surface area contributed by atoms with E-state index in [1.165, 1.54) is 19.3 Å². The number of halogens is 1. The SMILES string of the molecule is CC(NC1CCC(C)C(C)C1)c1ccc(Br)o1. The first-order valence-electron chi connectivity index (χ1n) is 6.57. The summed E-state index contributed by atoms with van der Waals surface area (Å²) in [4.78, 5) is 0. The Morgan fingerprint density at radius 1 is 1.29 bits per heavy atom. The van der Waals surface area contributed by atoms with Gasteiger partial charge in [-0.25, -0.2) is 0 Å². The minimum Gasteiger partial charge on any atom is -0.453 e. The second kappa shape index (κ2) is 5.57. The van der Waals surface area contributed by atoms with Crippen molar-refractivity contribution in [3.05, 3.63) is 22.6 Å². The number of furan rings is 1. The quantitative estimate of drug-likeness (QED) is 0.888. The highest BCUT2D eigenvalue weighted by molar-refractivity contribution is 9.10. The molecule has 0 bridgehead atoms. The largest absolute Gasteiger partial charge is 0.453 e. The summed E-state index contributed by atoms with van der Waals surface area (Å²) in [5.74, 6) is 2.72. The van der Waals surface area contributed by atoms with Gasteiger partial charge in [0.05, 0.1) is 6.04 Å². The molecule has 1 aliphatic rings. The van der Waals surface area contributed by atoms with Crippen LogP contribution in [0.25, 0.3) is 0 Å². The highest BCUT2D eigenvalue weighted by atomic mass is 79.9. The van der Waals surface area contributed by atoms with Crippen LogP contribution in [-0.4, -0.2) is 6.04 Å². The number of rotatable bonds is 3. The first kappa shape index (κ1) is 13.2. The Morgan fingerprint density at radius 2 is 2.06 bits per heavy atom. The maximum absolute atomic E-state index is 5.59. The molecule has 4 unspecified atom stereocenters. The van der Waals surface area contributed by atoms with E-state index in [1.54, 1.807) is 0 Å². The Kier molecular flexibility index (Phi) is 4.31. The van der Waals surface area contributed by atoms with Crippen molar-refractivity contribution in [1.82, 2.24) is 5.32 Å². The van der Waals surface area contributed by atoms with Gasteiger partial charge in [-0.1, -0.05) is 13.8 Å². The highest BCUT2D eigenvalue weighted by Crippen LogP contribution is 2.31. The molecule has 2 rings (SSSR count). The van der Waals surface area contributed by atoms with Crippen molar-refractivity contribution in [2.75, 3.05) is 0 Å². The van der Waals surface area contributed by atoms with Gasteiger partial charge >= 0.3 is 0 Å². The molecule has 1 heterocycles. The molecule has 1 aliphatic carbocycles. The van der Waals surface area contributed by atoms with Crippen LogP contribution >= 0.6 is 15.9 Å². The van der Waals surface area contributed by atoms with Crippen LogP contribution in [0.5, 0.6) is 0 Å². The summed E-state index contributed by atoms with van der Waals surface area (Å²) in [7, 11) is 0. The minimum absolute atomic E-state index is 0.298. The molecule has 0 spiro atoms. The lowest BCUT2D eigenvalue weighted by Crippen LogP contribution is -2.37. The van der Waals surface area contributed by atoms with Gasteiger partial charge in [-0.3, -0.25) is 0 Å². The van der Waals surface area contributed by atoms with Crippen molar-refractivity contribution >= 4 is 15.9 Å². The van der Waals surface area contributed by atoms with Gasteiger partial charge in [0, 0.05) is 6.04 Å². The van der Waals surface area contributed by atoms with Gasteiger partial charge < -0.3 is 9.73 Å². The molecule has 4 atom stereocenters. The number of hydrogen-bond acceptors (Lipinski definition) is 2. The smallest absolute Gasteiger partial charge is 0.169 e. The molecule has 0 saturated heterocycles. The number of nitrogens with one attached hydrogen (secondary N) is 1. The summed E-state index contributed by atoms with van der Waals surface area (Å²) in [6.45, 7) is 6.91. The van der Waals surface area contributed by atoms with Crippen LogP contribution in [0.2, 0.25) is 0 Å². The van der Waals surface area contributed by atoms with Gasteiger partial charge in [0.1, 0.15) is 5.76 Å². The van der Waals surface area contributed by atoms with Gasteiger partial charge in [0.25, 0.3) is 0 Å². The zero-order valence-corrected chi connectivity index (χ0v) is 12.5.